The standard InChI is InChI=1S/C23H32N2O6/c1-23(25-22(27)29-13-15-5-7-18-20(10-15)31-18)8-2-3-16(11-23)24-21(26)28-12-14-4-6-17-19(9-14)30-17/h2-3,8,14-15,17-20H,4-7,9-13H2,1H3,(H,24,26)(H,25,27). The fourth-order valence-corrected chi connectivity index (χ4v) is 5.16. The van der Waals surface area contributed by atoms with Crippen LogP contribution in [0.4, 0.5) is 9.59 Å². The molecule has 8 nitrogen and oxygen atoms in total. The maximum Gasteiger partial charge on any atom is 0.411 e. The van der Waals surface area contributed by atoms with Crippen molar-refractivity contribution < 1.29 is 28.5 Å². The molecule has 4 fully saturated rings. The van der Waals surface area contributed by atoms with Crippen LogP contribution in [-0.4, -0.2) is 55.4 Å². The smallest absolute Gasteiger partial charge is 0.411 e. The monoisotopic (exact) mass is 432 g/mol. The summed E-state index contributed by atoms with van der Waals surface area (Å²) >= 11 is 0. The Morgan fingerprint density at radius 1 is 0.968 bits per heavy atom. The van der Waals surface area contributed by atoms with Gasteiger partial charge in [-0.1, -0.05) is 12.2 Å². The average molecular weight is 433 g/mol. The summed E-state index contributed by atoms with van der Waals surface area (Å²) < 4.78 is 22.0. The molecule has 7 atom stereocenters. The molecule has 0 spiro atoms. The highest BCUT2D eigenvalue weighted by Crippen LogP contribution is 2.40. The van der Waals surface area contributed by atoms with Crippen LogP contribution in [0.15, 0.2) is 23.9 Å². The number of hydrogen-bond acceptors (Lipinski definition) is 6. The Hall–Kier alpha value is -2.06. The summed E-state index contributed by atoms with van der Waals surface area (Å²) in [5, 5.41) is 5.74. The highest BCUT2D eigenvalue weighted by Gasteiger charge is 2.45. The molecule has 8 heteroatoms. The lowest BCUT2D eigenvalue weighted by Crippen LogP contribution is -2.47. The molecule has 2 N–H and O–H groups in total. The van der Waals surface area contributed by atoms with Crippen LogP contribution in [0, 0.1) is 11.8 Å². The first-order chi connectivity index (χ1) is 15.0. The van der Waals surface area contributed by atoms with E-state index in [2.05, 4.69) is 10.6 Å². The summed E-state index contributed by atoms with van der Waals surface area (Å²) in [6, 6.07) is 0. The van der Waals surface area contributed by atoms with Crippen LogP contribution >= 0.6 is 0 Å². The average Bonchev–Trinajstić information content (AvgIpc) is 3.64. The van der Waals surface area contributed by atoms with Gasteiger partial charge in [0.15, 0.2) is 0 Å². The van der Waals surface area contributed by atoms with E-state index in [1.807, 2.05) is 25.2 Å². The van der Waals surface area contributed by atoms with E-state index in [4.69, 9.17) is 18.9 Å². The van der Waals surface area contributed by atoms with Gasteiger partial charge in [-0.15, -0.1) is 0 Å². The van der Waals surface area contributed by atoms with E-state index < -0.39 is 17.7 Å². The Morgan fingerprint density at radius 2 is 1.58 bits per heavy atom. The Morgan fingerprint density at radius 3 is 2.19 bits per heavy atom. The summed E-state index contributed by atoms with van der Waals surface area (Å²) in [5.74, 6) is 0.746. The van der Waals surface area contributed by atoms with Gasteiger partial charge in [-0.2, -0.15) is 0 Å². The van der Waals surface area contributed by atoms with Crippen LogP contribution in [0.5, 0.6) is 0 Å². The number of rotatable bonds is 6. The first-order valence-corrected chi connectivity index (χ1v) is 11.5. The third-order valence-electron chi connectivity index (χ3n) is 7.10. The number of epoxide rings is 2. The first-order valence-electron chi connectivity index (χ1n) is 11.5. The van der Waals surface area contributed by atoms with Gasteiger partial charge in [-0.25, -0.2) is 9.59 Å². The lowest BCUT2D eigenvalue weighted by Gasteiger charge is -2.31. The van der Waals surface area contributed by atoms with Crippen molar-refractivity contribution in [1.82, 2.24) is 10.6 Å². The van der Waals surface area contributed by atoms with Crippen molar-refractivity contribution in [3.05, 3.63) is 23.9 Å². The van der Waals surface area contributed by atoms with Gasteiger partial charge in [0.05, 0.1) is 43.2 Å². The third kappa shape index (κ3) is 5.41. The molecule has 0 aromatic carbocycles. The molecule has 2 heterocycles. The number of fused-ring (bicyclic) bond motifs is 2. The third-order valence-corrected chi connectivity index (χ3v) is 7.10. The molecule has 0 bridgehead atoms. The fourth-order valence-electron chi connectivity index (χ4n) is 5.16. The lowest BCUT2D eigenvalue weighted by molar-refractivity contribution is 0.111. The van der Waals surface area contributed by atoms with Crippen LogP contribution in [0.2, 0.25) is 0 Å². The Bertz CT molecular complexity index is 782. The van der Waals surface area contributed by atoms with Gasteiger partial charge in [-0.3, -0.25) is 5.32 Å². The highest BCUT2D eigenvalue weighted by molar-refractivity contribution is 5.71. The molecule has 5 aliphatic rings. The number of carbonyl (C=O) groups is 2. The number of allylic oxidation sites excluding steroid dienone is 2. The number of nitrogens with one attached hydrogen (secondary N) is 2. The van der Waals surface area contributed by atoms with Gasteiger partial charge in [0.25, 0.3) is 0 Å². The number of ether oxygens (including phenoxy) is 4. The minimum atomic E-state index is -0.632. The van der Waals surface area contributed by atoms with Gasteiger partial charge in [0.1, 0.15) is 0 Å². The van der Waals surface area contributed by atoms with Crippen LogP contribution in [-0.2, 0) is 18.9 Å². The zero-order valence-electron chi connectivity index (χ0n) is 18.0. The van der Waals surface area contributed by atoms with E-state index in [-0.39, 0.29) is 0 Å². The molecule has 3 aliphatic carbocycles. The Kier molecular flexibility index (Phi) is 5.69. The largest absolute Gasteiger partial charge is 0.449 e. The van der Waals surface area contributed by atoms with Crippen molar-refractivity contribution in [3.63, 3.8) is 0 Å². The van der Waals surface area contributed by atoms with E-state index >= 15 is 0 Å². The minimum absolute atomic E-state index is 0.373. The summed E-state index contributed by atoms with van der Waals surface area (Å²) in [6.45, 7) is 2.73. The van der Waals surface area contributed by atoms with Crippen LogP contribution < -0.4 is 10.6 Å². The summed E-state index contributed by atoms with van der Waals surface area (Å²) in [4.78, 5) is 24.6. The topological polar surface area (TPSA) is 102 Å². The molecule has 2 aliphatic heterocycles. The van der Waals surface area contributed by atoms with Gasteiger partial charge >= 0.3 is 12.2 Å². The van der Waals surface area contributed by atoms with Crippen molar-refractivity contribution in [1.29, 1.82) is 0 Å². The van der Waals surface area contributed by atoms with E-state index in [0.29, 0.717) is 61.6 Å². The molecule has 0 aromatic heterocycles. The molecule has 5 rings (SSSR count). The zero-order chi connectivity index (χ0) is 21.4. The second-order valence-corrected chi connectivity index (χ2v) is 9.88. The van der Waals surface area contributed by atoms with Gasteiger partial charge < -0.3 is 24.3 Å². The predicted molar refractivity (Wildman–Crippen MR) is 111 cm³/mol. The molecular weight excluding hydrogens is 400 g/mol. The number of carbonyl (C=O) groups excluding carboxylic acids is 2. The second kappa shape index (κ2) is 8.47. The van der Waals surface area contributed by atoms with Gasteiger partial charge in [0, 0.05) is 12.1 Å². The Labute approximate surface area is 182 Å². The molecule has 170 valence electrons. The van der Waals surface area contributed by atoms with Gasteiger partial charge in [-0.05, 0) is 63.4 Å². The summed E-state index contributed by atoms with van der Waals surface area (Å²) in [6.07, 6.45) is 12.9. The van der Waals surface area contributed by atoms with Crippen molar-refractivity contribution >= 4 is 12.2 Å². The predicted octanol–water partition coefficient (Wildman–Crippen LogP) is 3.18. The first kappa shape index (κ1) is 20.8. The Balaban J connectivity index is 1.02. The van der Waals surface area contributed by atoms with Crippen molar-refractivity contribution in [3.8, 4) is 0 Å². The van der Waals surface area contributed by atoms with Crippen molar-refractivity contribution in [2.75, 3.05) is 13.2 Å². The van der Waals surface area contributed by atoms with E-state index in [1.165, 1.54) is 0 Å². The maximum absolute atomic E-state index is 12.3. The number of amides is 2. The molecule has 7 unspecified atom stereocenters. The van der Waals surface area contributed by atoms with Crippen molar-refractivity contribution in [2.45, 2.75) is 81.8 Å². The molecule has 0 radical (unpaired) electrons. The molecule has 2 saturated heterocycles. The summed E-state index contributed by atoms with van der Waals surface area (Å²) in [7, 11) is 0. The zero-order valence-corrected chi connectivity index (χ0v) is 18.0. The fraction of sp³-hybridized carbons (Fsp3) is 0.739. The molecule has 31 heavy (non-hydrogen) atoms. The SMILES string of the molecule is CC1(NC(=O)OCC2CCC3OC3C2)C=CC=C(NC(=O)OCC2CCC3OC3C2)C1. The molecule has 2 amide bonds. The van der Waals surface area contributed by atoms with Crippen LogP contribution in [0.3, 0.4) is 0 Å². The normalized spacial score (nSPS) is 40.0. The molecule has 0 aromatic rings. The van der Waals surface area contributed by atoms with E-state index in [0.717, 1.165) is 38.5 Å². The van der Waals surface area contributed by atoms with Gasteiger partial charge in [0.2, 0.25) is 0 Å². The van der Waals surface area contributed by atoms with E-state index in [9.17, 15) is 9.59 Å². The van der Waals surface area contributed by atoms with E-state index in [1.54, 1.807) is 0 Å². The maximum atomic E-state index is 12.3. The highest BCUT2D eigenvalue weighted by atomic mass is 16.6. The van der Waals surface area contributed by atoms with Crippen LogP contribution in [0.25, 0.3) is 0 Å². The molecule has 2 saturated carbocycles. The second-order valence-electron chi connectivity index (χ2n) is 9.88. The minimum Gasteiger partial charge on any atom is -0.449 e. The lowest BCUT2D eigenvalue weighted by atomic mass is 9.90. The van der Waals surface area contributed by atoms with Crippen LogP contribution in [0.1, 0.15) is 51.9 Å². The quantitative estimate of drug-likeness (QED) is 0.625. The van der Waals surface area contributed by atoms with Crippen molar-refractivity contribution in [2.24, 2.45) is 11.8 Å². The number of alkyl carbamates (subject to hydrolysis) is 2. The molecular formula is C23H32N2O6. The number of hydrogen-bond donors (Lipinski definition) is 2. The summed E-state index contributed by atoms with van der Waals surface area (Å²) in [5.41, 5.74) is 0.0710.